The largest absolute Gasteiger partial charge is 0.349 e. The third-order valence-electron chi connectivity index (χ3n) is 3.50. The van der Waals surface area contributed by atoms with E-state index in [-0.39, 0.29) is 5.91 Å². The van der Waals surface area contributed by atoms with E-state index < -0.39 is 10.0 Å². The van der Waals surface area contributed by atoms with E-state index in [2.05, 4.69) is 5.32 Å². The van der Waals surface area contributed by atoms with Crippen molar-refractivity contribution in [3.05, 3.63) is 29.1 Å². The summed E-state index contributed by atoms with van der Waals surface area (Å²) in [4.78, 5) is 12.7. The molecule has 1 aromatic carbocycles. The summed E-state index contributed by atoms with van der Waals surface area (Å²) < 4.78 is 25.4. The number of sulfonamides is 1. The van der Waals surface area contributed by atoms with Crippen molar-refractivity contribution >= 4 is 43.0 Å². The number of hydrogen-bond donors (Lipinski definition) is 1. The summed E-state index contributed by atoms with van der Waals surface area (Å²) in [6.07, 6.45) is 3.28. The van der Waals surface area contributed by atoms with Gasteiger partial charge in [-0.2, -0.15) is 0 Å². The number of anilines is 1. The summed E-state index contributed by atoms with van der Waals surface area (Å²) in [6, 6.07) is 7.54. The van der Waals surface area contributed by atoms with Crippen molar-refractivity contribution in [3.8, 4) is 0 Å². The first-order valence-electron chi connectivity index (χ1n) is 6.63. The van der Waals surface area contributed by atoms with Crippen LogP contribution in [-0.4, -0.2) is 33.7 Å². The minimum atomic E-state index is -3.28. The molecule has 1 saturated carbocycles. The second-order valence-corrected chi connectivity index (χ2v) is 8.41. The molecule has 1 aliphatic carbocycles. The molecule has 1 fully saturated rings. The van der Waals surface area contributed by atoms with Gasteiger partial charge in [-0.15, -0.1) is 11.3 Å². The van der Waals surface area contributed by atoms with E-state index >= 15 is 0 Å². The van der Waals surface area contributed by atoms with Crippen molar-refractivity contribution < 1.29 is 13.2 Å². The van der Waals surface area contributed by atoms with Crippen molar-refractivity contribution in [2.75, 3.05) is 17.6 Å². The van der Waals surface area contributed by atoms with Crippen LogP contribution in [0.2, 0.25) is 0 Å². The van der Waals surface area contributed by atoms with Gasteiger partial charge >= 0.3 is 0 Å². The number of thiophene rings is 1. The van der Waals surface area contributed by atoms with Gasteiger partial charge in [0.1, 0.15) is 0 Å². The van der Waals surface area contributed by atoms with Gasteiger partial charge in [0.05, 0.1) is 16.8 Å². The average molecular weight is 324 g/mol. The number of rotatable bonds is 4. The Labute approximate surface area is 127 Å². The van der Waals surface area contributed by atoms with Crippen molar-refractivity contribution in [2.24, 2.45) is 0 Å². The molecular weight excluding hydrogens is 308 g/mol. The Morgan fingerprint density at radius 2 is 2.05 bits per heavy atom. The van der Waals surface area contributed by atoms with Gasteiger partial charge in [0.25, 0.3) is 5.91 Å². The topological polar surface area (TPSA) is 66.5 Å². The lowest BCUT2D eigenvalue weighted by atomic mass is 10.2. The van der Waals surface area contributed by atoms with E-state index in [9.17, 15) is 13.2 Å². The lowest BCUT2D eigenvalue weighted by Crippen LogP contribution is -2.24. The van der Waals surface area contributed by atoms with Crippen LogP contribution in [0.3, 0.4) is 0 Å². The Kier molecular flexibility index (Phi) is 3.41. The fourth-order valence-corrected chi connectivity index (χ4v) is 3.46. The zero-order valence-corrected chi connectivity index (χ0v) is 13.4. The predicted octanol–water partition coefficient (Wildman–Crippen LogP) is 2.19. The van der Waals surface area contributed by atoms with E-state index in [1.54, 1.807) is 12.1 Å². The van der Waals surface area contributed by atoms with Gasteiger partial charge in [-0.05, 0) is 42.5 Å². The van der Waals surface area contributed by atoms with Crippen LogP contribution in [-0.2, 0) is 10.0 Å². The highest BCUT2D eigenvalue weighted by Crippen LogP contribution is 2.30. The first kappa shape index (κ1) is 14.3. The number of amides is 1. The van der Waals surface area contributed by atoms with E-state index in [1.807, 2.05) is 12.1 Å². The average Bonchev–Trinajstić information content (AvgIpc) is 3.12. The van der Waals surface area contributed by atoms with Crippen molar-refractivity contribution in [3.63, 3.8) is 0 Å². The number of hydrogen-bond acceptors (Lipinski definition) is 4. The van der Waals surface area contributed by atoms with Crippen LogP contribution in [0.5, 0.6) is 0 Å². The fraction of sp³-hybridized carbons (Fsp3) is 0.357. The third kappa shape index (κ3) is 3.03. The summed E-state index contributed by atoms with van der Waals surface area (Å²) in [5.41, 5.74) is 0.594. The SMILES string of the molecule is CN(c1ccc2sc(C(=O)NC3CC3)cc2c1)S(C)(=O)=O. The maximum absolute atomic E-state index is 12.0. The number of fused-ring (bicyclic) bond motifs is 1. The summed E-state index contributed by atoms with van der Waals surface area (Å²) in [5.74, 6) is -0.0447. The molecule has 21 heavy (non-hydrogen) atoms. The second-order valence-electron chi connectivity index (χ2n) is 5.31. The molecule has 1 amide bonds. The monoisotopic (exact) mass is 324 g/mol. The van der Waals surface area contributed by atoms with E-state index in [0.717, 1.165) is 22.9 Å². The molecule has 0 atom stereocenters. The number of carbonyl (C=O) groups excluding carboxylic acids is 1. The Morgan fingerprint density at radius 3 is 2.67 bits per heavy atom. The molecule has 7 heteroatoms. The first-order chi connectivity index (χ1) is 9.84. The second kappa shape index (κ2) is 4.99. The Hall–Kier alpha value is -1.60. The molecule has 2 aromatic rings. The molecule has 0 bridgehead atoms. The Morgan fingerprint density at radius 1 is 1.33 bits per heavy atom. The molecule has 0 spiro atoms. The summed E-state index contributed by atoms with van der Waals surface area (Å²) >= 11 is 1.42. The maximum Gasteiger partial charge on any atom is 0.261 e. The Bertz CT molecular complexity index is 807. The van der Waals surface area contributed by atoms with Crippen LogP contribution >= 0.6 is 11.3 Å². The molecule has 1 heterocycles. The van der Waals surface area contributed by atoms with Gasteiger partial charge in [0.2, 0.25) is 10.0 Å². The van der Waals surface area contributed by atoms with Crippen LogP contribution < -0.4 is 9.62 Å². The maximum atomic E-state index is 12.0. The molecule has 0 aliphatic heterocycles. The molecule has 1 N–H and O–H groups in total. The molecule has 0 radical (unpaired) electrons. The molecule has 0 saturated heterocycles. The highest BCUT2D eigenvalue weighted by molar-refractivity contribution is 7.92. The fourth-order valence-electron chi connectivity index (χ4n) is 2.01. The quantitative estimate of drug-likeness (QED) is 0.937. The standard InChI is InChI=1S/C14H16N2O3S2/c1-16(21(2,18)19)11-5-6-12-9(7-11)8-13(20-12)14(17)15-10-3-4-10/h5-8,10H,3-4H2,1-2H3,(H,15,17). The van der Waals surface area contributed by atoms with Crippen molar-refractivity contribution in [1.29, 1.82) is 0 Å². The van der Waals surface area contributed by atoms with Crippen LogP contribution in [0.25, 0.3) is 10.1 Å². The molecule has 112 valence electrons. The van der Waals surface area contributed by atoms with Gasteiger partial charge in [0, 0.05) is 17.8 Å². The first-order valence-corrected chi connectivity index (χ1v) is 9.29. The zero-order valence-electron chi connectivity index (χ0n) is 11.8. The third-order valence-corrected chi connectivity index (χ3v) is 5.82. The van der Waals surface area contributed by atoms with Crippen molar-refractivity contribution in [1.82, 2.24) is 5.32 Å². The molecule has 0 unspecified atom stereocenters. The highest BCUT2D eigenvalue weighted by atomic mass is 32.2. The van der Waals surface area contributed by atoms with E-state index in [1.165, 1.54) is 28.9 Å². The van der Waals surface area contributed by atoms with Crippen LogP contribution in [0.4, 0.5) is 5.69 Å². The normalized spacial score (nSPS) is 15.1. The molecule has 3 rings (SSSR count). The molecule has 1 aromatic heterocycles. The van der Waals surface area contributed by atoms with Crippen LogP contribution in [0.1, 0.15) is 22.5 Å². The number of nitrogens with one attached hydrogen (secondary N) is 1. The van der Waals surface area contributed by atoms with Gasteiger partial charge in [-0.25, -0.2) is 8.42 Å². The van der Waals surface area contributed by atoms with Crippen molar-refractivity contribution in [2.45, 2.75) is 18.9 Å². The summed E-state index contributed by atoms with van der Waals surface area (Å²) in [5, 5.41) is 3.84. The zero-order chi connectivity index (χ0) is 15.2. The minimum Gasteiger partial charge on any atom is -0.349 e. The van der Waals surface area contributed by atoms with Crippen LogP contribution in [0, 0.1) is 0 Å². The summed E-state index contributed by atoms with van der Waals surface area (Å²) in [7, 11) is -1.77. The number of nitrogens with zero attached hydrogens (tertiary/aromatic N) is 1. The van der Waals surface area contributed by atoms with E-state index in [4.69, 9.17) is 0 Å². The number of benzene rings is 1. The Balaban J connectivity index is 1.92. The van der Waals surface area contributed by atoms with Gasteiger partial charge < -0.3 is 5.32 Å². The van der Waals surface area contributed by atoms with Crippen LogP contribution in [0.15, 0.2) is 24.3 Å². The lowest BCUT2D eigenvalue weighted by molar-refractivity contribution is 0.0955. The summed E-state index contributed by atoms with van der Waals surface area (Å²) in [6.45, 7) is 0. The van der Waals surface area contributed by atoms with Gasteiger partial charge in [0.15, 0.2) is 0 Å². The minimum absolute atomic E-state index is 0.0447. The van der Waals surface area contributed by atoms with Gasteiger partial charge in [-0.3, -0.25) is 9.10 Å². The van der Waals surface area contributed by atoms with E-state index in [0.29, 0.717) is 16.6 Å². The molecular formula is C14H16N2O3S2. The smallest absolute Gasteiger partial charge is 0.261 e. The molecule has 5 nitrogen and oxygen atoms in total. The van der Waals surface area contributed by atoms with Gasteiger partial charge in [-0.1, -0.05) is 0 Å². The predicted molar refractivity (Wildman–Crippen MR) is 85.6 cm³/mol. The highest BCUT2D eigenvalue weighted by Gasteiger charge is 2.24. The number of carbonyl (C=O) groups is 1. The lowest BCUT2D eigenvalue weighted by Gasteiger charge is -2.16. The molecule has 1 aliphatic rings.